The van der Waals surface area contributed by atoms with Gasteiger partial charge in [0.2, 0.25) is 0 Å². The third-order valence-corrected chi connectivity index (χ3v) is 4.42. The minimum absolute atomic E-state index is 0.0602. The molecule has 1 aromatic carbocycles. The van der Waals surface area contributed by atoms with Crippen molar-refractivity contribution in [2.75, 3.05) is 0 Å². The minimum atomic E-state index is -4.42. The second-order valence-corrected chi connectivity index (χ2v) is 5.91. The number of hydrogen-bond donors (Lipinski definition) is 0. The Morgan fingerprint density at radius 3 is 2.67 bits per heavy atom. The quantitative estimate of drug-likeness (QED) is 0.638. The molecule has 118 valence electrons. The largest absolute Gasteiger partial charge is 0.490 e. The van der Waals surface area contributed by atoms with Gasteiger partial charge in [-0.2, -0.15) is 13.2 Å². The summed E-state index contributed by atoms with van der Waals surface area (Å²) < 4.78 is 45.1. The van der Waals surface area contributed by atoms with Crippen molar-refractivity contribution in [1.82, 2.24) is 0 Å². The summed E-state index contributed by atoms with van der Waals surface area (Å²) in [6.45, 7) is 2.11. The Morgan fingerprint density at radius 1 is 1.29 bits per heavy atom. The van der Waals surface area contributed by atoms with E-state index in [1.807, 2.05) is 0 Å². The summed E-state index contributed by atoms with van der Waals surface area (Å²) in [6, 6.07) is 4.08. The molecule has 2 unspecified atom stereocenters. The summed E-state index contributed by atoms with van der Waals surface area (Å²) >= 11 is 5.62. The van der Waals surface area contributed by atoms with Crippen molar-refractivity contribution in [2.24, 2.45) is 5.92 Å². The van der Waals surface area contributed by atoms with Crippen LogP contribution in [0, 0.1) is 5.92 Å². The summed E-state index contributed by atoms with van der Waals surface area (Å²) in [4.78, 5) is 0. The molecular formula is C16H20ClF3O. The van der Waals surface area contributed by atoms with E-state index in [1.54, 1.807) is 6.07 Å². The Kier molecular flexibility index (Phi) is 5.42. The first-order chi connectivity index (χ1) is 9.94. The standard InChI is InChI=1S/C16H20ClF3O/c1-2-11-4-3-5-13(8-11)21-15-7-6-12(10-17)9-14(15)16(18,19)20/h6-7,9,11,13H,2-5,8,10H2,1H3. The van der Waals surface area contributed by atoms with Crippen LogP contribution in [0.25, 0.3) is 0 Å². The van der Waals surface area contributed by atoms with E-state index in [4.69, 9.17) is 16.3 Å². The Balaban J connectivity index is 2.19. The van der Waals surface area contributed by atoms with Crippen molar-refractivity contribution in [3.05, 3.63) is 29.3 Å². The molecule has 0 aromatic heterocycles. The normalized spacial score (nSPS) is 23.1. The lowest BCUT2D eigenvalue weighted by atomic mass is 9.85. The van der Waals surface area contributed by atoms with Crippen molar-refractivity contribution in [2.45, 2.75) is 57.2 Å². The van der Waals surface area contributed by atoms with Crippen molar-refractivity contribution < 1.29 is 17.9 Å². The van der Waals surface area contributed by atoms with E-state index in [1.165, 1.54) is 6.07 Å². The average molecular weight is 321 g/mol. The molecule has 2 atom stereocenters. The second kappa shape index (κ2) is 6.91. The highest BCUT2D eigenvalue weighted by Gasteiger charge is 2.35. The van der Waals surface area contributed by atoms with E-state index in [2.05, 4.69) is 6.92 Å². The van der Waals surface area contributed by atoms with Crippen LogP contribution in [0.2, 0.25) is 0 Å². The van der Waals surface area contributed by atoms with Gasteiger partial charge in [0.25, 0.3) is 0 Å². The minimum Gasteiger partial charge on any atom is -0.490 e. The predicted molar refractivity (Wildman–Crippen MR) is 77.7 cm³/mol. The summed E-state index contributed by atoms with van der Waals surface area (Å²) in [7, 11) is 0. The molecule has 1 nitrogen and oxygen atoms in total. The van der Waals surface area contributed by atoms with Crippen LogP contribution < -0.4 is 4.74 Å². The molecule has 2 rings (SSSR count). The highest BCUT2D eigenvalue weighted by molar-refractivity contribution is 6.17. The van der Waals surface area contributed by atoms with Crippen LogP contribution in [0.1, 0.15) is 50.2 Å². The van der Waals surface area contributed by atoms with Crippen molar-refractivity contribution in [3.8, 4) is 5.75 Å². The van der Waals surface area contributed by atoms with Crippen LogP contribution in [-0.4, -0.2) is 6.10 Å². The van der Waals surface area contributed by atoms with Gasteiger partial charge >= 0.3 is 6.18 Å². The van der Waals surface area contributed by atoms with Gasteiger partial charge in [-0.25, -0.2) is 0 Å². The zero-order valence-corrected chi connectivity index (χ0v) is 12.8. The predicted octanol–water partition coefficient (Wildman–Crippen LogP) is 5.79. The fourth-order valence-corrected chi connectivity index (χ4v) is 3.05. The van der Waals surface area contributed by atoms with Crippen molar-refractivity contribution >= 4 is 11.6 Å². The summed E-state index contributed by atoms with van der Waals surface area (Å²) in [5, 5.41) is 0. The third-order valence-electron chi connectivity index (χ3n) is 4.11. The molecule has 1 fully saturated rings. The summed E-state index contributed by atoms with van der Waals surface area (Å²) in [6.07, 6.45) is 0.341. The average Bonchev–Trinajstić information content (AvgIpc) is 2.46. The summed E-state index contributed by atoms with van der Waals surface area (Å²) in [5.74, 6) is 0.545. The number of ether oxygens (including phenoxy) is 1. The monoisotopic (exact) mass is 320 g/mol. The number of halogens is 4. The Bertz CT molecular complexity index is 473. The zero-order chi connectivity index (χ0) is 15.5. The van der Waals surface area contributed by atoms with E-state index in [0.29, 0.717) is 11.5 Å². The molecule has 0 aliphatic heterocycles. The molecule has 21 heavy (non-hydrogen) atoms. The number of rotatable bonds is 4. The molecule has 0 amide bonds. The first kappa shape index (κ1) is 16.5. The van der Waals surface area contributed by atoms with Crippen LogP contribution in [0.3, 0.4) is 0 Å². The van der Waals surface area contributed by atoms with Crippen LogP contribution in [0.4, 0.5) is 13.2 Å². The number of hydrogen-bond acceptors (Lipinski definition) is 1. The molecule has 0 saturated heterocycles. The van der Waals surface area contributed by atoms with E-state index >= 15 is 0 Å². The van der Waals surface area contributed by atoms with Crippen LogP contribution >= 0.6 is 11.6 Å². The van der Waals surface area contributed by atoms with Crippen LogP contribution in [0.5, 0.6) is 5.75 Å². The first-order valence-corrected chi connectivity index (χ1v) is 7.90. The maximum Gasteiger partial charge on any atom is 0.419 e. The lowest BCUT2D eigenvalue weighted by Gasteiger charge is -2.30. The van der Waals surface area contributed by atoms with Gasteiger partial charge in [0.15, 0.2) is 0 Å². The fraction of sp³-hybridized carbons (Fsp3) is 0.625. The Hall–Kier alpha value is -0.900. The molecule has 0 spiro atoms. The molecular weight excluding hydrogens is 301 g/mol. The number of benzene rings is 1. The van der Waals surface area contributed by atoms with Gasteiger partial charge in [0, 0.05) is 5.88 Å². The van der Waals surface area contributed by atoms with Crippen LogP contribution in [0.15, 0.2) is 18.2 Å². The Morgan fingerprint density at radius 2 is 2.05 bits per heavy atom. The molecule has 1 aliphatic carbocycles. The van der Waals surface area contributed by atoms with Crippen molar-refractivity contribution in [3.63, 3.8) is 0 Å². The topological polar surface area (TPSA) is 9.23 Å². The lowest BCUT2D eigenvalue weighted by molar-refractivity contribution is -0.139. The maximum atomic E-state index is 13.1. The highest BCUT2D eigenvalue weighted by Crippen LogP contribution is 2.39. The van der Waals surface area contributed by atoms with Gasteiger partial charge in [-0.3, -0.25) is 0 Å². The molecule has 1 aromatic rings. The molecule has 1 saturated carbocycles. The lowest BCUT2D eigenvalue weighted by Crippen LogP contribution is -2.26. The molecule has 5 heteroatoms. The van der Waals surface area contributed by atoms with E-state index in [0.717, 1.165) is 38.2 Å². The molecule has 0 radical (unpaired) electrons. The third kappa shape index (κ3) is 4.29. The SMILES string of the molecule is CCC1CCCC(Oc2ccc(CCl)cc2C(F)(F)F)C1. The van der Waals surface area contributed by atoms with Gasteiger partial charge in [0.1, 0.15) is 5.75 Å². The van der Waals surface area contributed by atoms with E-state index < -0.39 is 11.7 Å². The molecule has 1 aliphatic rings. The first-order valence-electron chi connectivity index (χ1n) is 7.36. The fourth-order valence-electron chi connectivity index (χ4n) is 2.88. The van der Waals surface area contributed by atoms with Gasteiger partial charge < -0.3 is 4.74 Å². The highest BCUT2D eigenvalue weighted by atomic mass is 35.5. The van der Waals surface area contributed by atoms with E-state index in [9.17, 15) is 13.2 Å². The number of alkyl halides is 4. The van der Waals surface area contributed by atoms with Gasteiger partial charge in [-0.15, -0.1) is 11.6 Å². The van der Waals surface area contributed by atoms with Gasteiger partial charge in [-0.05, 0) is 42.9 Å². The molecule has 0 heterocycles. The Labute approximate surface area is 128 Å². The second-order valence-electron chi connectivity index (χ2n) is 5.64. The smallest absolute Gasteiger partial charge is 0.419 e. The van der Waals surface area contributed by atoms with Gasteiger partial charge in [-0.1, -0.05) is 25.8 Å². The summed E-state index contributed by atoms with van der Waals surface area (Å²) in [5.41, 5.74) is -0.273. The van der Waals surface area contributed by atoms with Crippen molar-refractivity contribution in [1.29, 1.82) is 0 Å². The zero-order valence-electron chi connectivity index (χ0n) is 12.0. The maximum absolute atomic E-state index is 13.1. The van der Waals surface area contributed by atoms with Gasteiger partial charge in [0.05, 0.1) is 11.7 Å². The van der Waals surface area contributed by atoms with Crippen LogP contribution in [-0.2, 0) is 12.1 Å². The van der Waals surface area contributed by atoms with E-state index in [-0.39, 0.29) is 17.7 Å². The molecule has 0 bridgehead atoms. The molecule has 0 N–H and O–H groups in total.